The Bertz CT molecular complexity index is 588. The molecule has 2 fully saturated rings. The summed E-state index contributed by atoms with van der Waals surface area (Å²) in [6.45, 7) is 4.04. The maximum absolute atomic E-state index is 11.8. The average Bonchev–Trinajstić information content (AvgIpc) is 3.32. The lowest BCUT2D eigenvalue weighted by molar-refractivity contribution is -0.122. The van der Waals surface area contributed by atoms with Gasteiger partial charge < -0.3 is 15.5 Å². The van der Waals surface area contributed by atoms with Crippen LogP contribution in [0.2, 0.25) is 0 Å². The van der Waals surface area contributed by atoms with Crippen LogP contribution >= 0.6 is 0 Å². The quantitative estimate of drug-likeness (QED) is 0.870. The van der Waals surface area contributed by atoms with Gasteiger partial charge in [0.2, 0.25) is 5.91 Å². The van der Waals surface area contributed by atoms with Gasteiger partial charge in [0.25, 0.3) is 0 Å². The van der Waals surface area contributed by atoms with Gasteiger partial charge >= 0.3 is 0 Å². The van der Waals surface area contributed by atoms with E-state index in [1.54, 1.807) is 0 Å². The van der Waals surface area contributed by atoms with Crippen LogP contribution in [0.1, 0.15) is 30.9 Å². The number of carbonyl (C=O) groups excluding carboxylic acids is 1. The van der Waals surface area contributed by atoms with E-state index in [-0.39, 0.29) is 11.9 Å². The van der Waals surface area contributed by atoms with Gasteiger partial charge in [-0.25, -0.2) is 0 Å². The lowest BCUT2D eigenvalue weighted by Crippen LogP contribution is -2.54. The minimum absolute atomic E-state index is 0.0182. The van der Waals surface area contributed by atoms with Crippen LogP contribution in [0.25, 0.3) is 0 Å². The number of rotatable bonds is 4. The van der Waals surface area contributed by atoms with E-state index in [0.29, 0.717) is 18.2 Å². The van der Waals surface area contributed by atoms with Crippen molar-refractivity contribution < 1.29 is 4.79 Å². The Morgan fingerprint density at radius 2 is 2.29 bits per heavy atom. The molecule has 5 nitrogen and oxygen atoms in total. The molecule has 0 radical (unpaired) electrons. The van der Waals surface area contributed by atoms with E-state index in [0.717, 1.165) is 24.3 Å². The van der Waals surface area contributed by atoms with Crippen molar-refractivity contribution >= 4 is 11.6 Å². The second kappa shape index (κ2) is 5.74. The molecular formula is C16H20N4O. The van der Waals surface area contributed by atoms with Crippen LogP contribution in [-0.4, -0.2) is 31.1 Å². The summed E-state index contributed by atoms with van der Waals surface area (Å²) in [5, 5.41) is 15.7. The fourth-order valence-electron chi connectivity index (χ4n) is 2.69. The fraction of sp³-hybridized carbons (Fsp3) is 0.500. The first-order valence-electron chi connectivity index (χ1n) is 7.50. The second-order valence-corrected chi connectivity index (χ2v) is 5.78. The molecule has 110 valence electrons. The highest BCUT2D eigenvalue weighted by Crippen LogP contribution is 2.25. The number of anilines is 1. The Morgan fingerprint density at radius 1 is 1.48 bits per heavy atom. The van der Waals surface area contributed by atoms with Gasteiger partial charge in [-0.3, -0.25) is 4.79 Å². The number of hydrogen-bond acceptors (Lipinski definition) is 4. The smallest absolute Gasteiger partial charge is 0.242 e. The predicted octanol–water partition coefficient (Wildman–Crippen LogP) is 1.13. The van der Waals surface area contributed by atoms with Gasteiger partial charge in [-0.2, -0.15) is 5.26 Å². The predicted molar refractivity (Wildman–Crippen MR) is 80.8 cm³/mol. The lowest BCUT2D eigenvalue weighted by Gasteiger charge is -2.35. The summed E-state index contributed by atoms with van der Waals surface area (Å²) in [6.07, 6.45) is 2.51. The summed E-state index contributed by atoms with van der Waals surface area (Å²) in [7, 11) is 0. The standard InChI is InChI=1S/C16H20N4O/c1-11-16(21)18-6-7-20(11)15-5-2-12(8-13(15)9-17)10-19-14-3-4-14/h2,5,8,11,14,19H,3-4,6-7,10H2,1H3,(H,18,21). The van der Waals surface area contributed by atoms with Crippen molar-refractivity contribution in [2.24, 2.45) is 0 Å². The highest BCUT2D eigenvalue weighted by atomic mass is 16.2. The summed E-state index contributed by atoms with van der Waals surface area (Å²) < 4.78 is 0. The van der Waals surface area contributed by atoms with E-state index < -0.39 is 0 Å². The molecule has 5 heteroatoms. The molecule has 1 amide bonds. The highest BCUT2D eigenvalue weighted by Gasteiger charge is 2.27. The molecule has 1 saturated carbocycles. The number of benzene rings is 1. The zero-order chi connectivity index (χ0) is 14.8. The molecule has 1 aliphatic carbocycles. The number of nitrogens with zero attached hydrogens (tertiary/aromatic N) is 2. The molecule has 1 aromatic carbocycles. The Morgan fingerprint density at radius 3 is 3.00 bits per heavy atom. The molecule has 2 N–H and O–H groups in total. The molecule has 0 bridgehead atoms. The molecule has 0 spiro atoms. The highest BCUT2D eigenvalue weighted by molar-refractivity contribution is 5.86. The van der Waals surface area contributed by atoms with Crippen LogP contribution in [0.15, 0.2) is 18.2 Å². The lowest BCUT2D eigenvalue weighted by atomic mass is 10.1. The van der Waals surface area contributed by atoms with Gasteiger partial charge in [-0.1, -0.05) is 6.07 Å². The van der Waals surface area contributed by atoms with Gasteiger partial charge in [0.1, 0.15) is 12.1 Å². The second-order valence-electron chi connectivity index (χ2n) is 5.78. The normalized spacial score (nSPS) is 21.8. The van der Waals surface area contributed by atoms with Gasteiger partial charge in [0, 0.05) is 25.7 Å². The van der Waals surface area contributed by atoms with E-state index in [9.17, 15) is 10.1 Å². The number of nitriles is 1. The summed E-state index contributed by atoms with van der Waals surface area (Å²) in [5.41, 5.74) is 2.62. The first kappa shape index (κ1) is 13.9. The van der Waals surface area contributed by atoms with Crippen LogP contribution < -0.4 is 15.5 Å². The van der Waals surface area contributed by atoms with E-state index in [1.807, 2.05) is 30.0 Å². The van der Waals surface area contributed by atoms with Gasteiger partial charge in [0.05, 0.1) is 11.3 Å². The fourth-order valence-corrected chi connectivity index (χ4v) is 2.69. The number of amides is 1. The molecule has 21 heavy (non-hydrogen) atoms. The third kappa shape index (κ3) is 3.01. The Balaban J connectivity index is 1.80. The SMILES string of the molecule is CC1C(=O)NCCN1c1ccc(CNC2CC2)cc1C#N. The first-order chi connectivity index (χ1) is 10.2. The van der Waals surface area contributed by atoms with E-state index in [1.165, 1.54) is 12.8 Å². The molecule has 2 aliphatic rings. The summed E-state index contributed by atoms with van der Waals surface area (Å²) >= 11 is 0. The van der Waals surface area contributed by atoms with Crippen molar-refractivity contribution in [3.05, 3.63) is 29.3 Å². The minimum Gasteiger partial charge on any atom is -0.357 e. The van der Waals surface area contributed by atoms with E-state index in [4.69, 9.17) is 0 Å². The molecule has 1 heterocycles. The Labute approximate surface area is 124 Å². The van der Waals surface area contributed by atoms with Crippen LogP contribution in [0.3, 0.4) is 0 Å². The van der Waals surface area contributed by atoms with Crippen molar-refractivity contribution in [2.45, 2.75) is 38.4 Å². The summed E-state index contributed by atoms with van der Waals surface area (Å²) in [6, 6.07) is 8.64. The largest absolute Gasteiger partial charge is 0.357 e. The maximum Gasteiger partial charge on any atom is 0.242 e. The third-order valence-corrected chi connectivity index (χ3v) is 4.16. The van der Waals surface area contributed by atoms with Crippen molar-refractivity contribution in [3.8, 4) is 6.07 Å². The Kier molecular flexibility index (Phi) is 3.80. The molecule has 0 aromatic heterocycles. The van der Waals surface area contributed by atoms with Crippen molar-refractivity contribution in [1.82, 2.24) is 10.6 Å². The molecule has 1 unspecified atom stereocenters. The van der Waals surface area contributed by atoms with E-state index >= 15 is 0 Å². The van der Waals surface area contributed by atoms with Crippen LogP contribution in [0.4, 0.5) is 5.69 Å². The van der Waals surface area contributed by atoms with Gasteiger partial charge in [-0.05, 0) is 37.5 Å². The van der Waals surface area contributed by atoms with Crippen molar-refractivity contribution in [3.63, 3.8) is 0 Å². The molecule has 3 rings (SSSR count). The molecule has 1 saturated heterocycles. The third-order valence-electron chi connectivity index (χ3n) is 4.16. The molecule has 1 aromatic rings. The topological polar surface area (TPSA) is 68.2 Å². The molecular weight excluding hydrogens is 264 g/mol. The summed E-state index contributed by atoms with van der Waals surface area (Å²) in [5.74, 6) is 0.0182. The number of nitrogens with one attached hydrogen (secondary N) is 2. The van der Waals surface area contributed by atoms with Gasteiger partial charge in [-0.15, -0.1) is 0 Å². The maximum atomic E-state index is 11.8. The Hall–Kier alpha value is -2.06. The number of piperazine rings is 1. The minimum atomic E-state index is -0.235. The zero-order valence-corrected chi connectivity index (χ0v) is 12.2. The van der Waals surface area contributed by atoms with Crippen LogP contribution in [0, 0.1) is 11.3 Å². The van der Waals surface area contributed by atoms with E-state index in [2.05, 4.69) is 16.7 Å². The first-order valence-corrected chi connectivity index (χ1v) is 7.50. The average molecular weight is 284 g/mol. The van der Waals surface area contributed by atoms with Crippen molar-refractivity contribution in [1.29, 1.82) is 5.26 Å². The molecule has 1 atom stereocenters. The number of hydrogen-bond donors (Lipinski definition) is 2. The van der Waals surface area contributed by atoms with Crippen molar-refractivity contribution in [2.75, 3.05) is 18.0 Å². The van der Waals surface area contributed by atoms with Crippen LogP contribution in [-0.2, 0) is 11.3 Å². The summed E-state index contributed by atoms with van der Waals surface area (Å²) in [4.78, 5) is 13.8. The zero-order valence-electron chi connectivity index (χ0n) is 12.2. The monoisotopic (exact) mass is 284 g/mol. The van der Waals surface area contributed by atoms with Crippen LogP contribution in [0.5, 0.6) is 0 Å². The number of carbonyl (C=O) groups is 1. The van der Waals surface area contributed by atoms with Gasteiger partial charge in [0.15, 0.2) is 0 Å². The molecule has 1 aliphatic heterocycles.